The molecule has 5 aliphatic heterocycles. The Morgan fingerprint density at radius 2 is 0.938 bits per heavy atom. The van der Waals surface area contributed by atoms with Crippen LogP contribution in [-0.2, 0) is 56.7 Å². The quantitative estimate of drug-likeness (QED) is 0.0615. The minimum atomic E-state index is -1.15. The van der Waals surface area contributed by atoms with Crippen LogP contribution < -0.4 is 45.9 Å². The number of aromatic carboxylic acids is 1. The van der Waals surface area contributed by atoms with Gasteiger partial charge < -0.3 is 46.6 Å². The summed E-state index contributed by atoms with van der Waals surface area (Å²) in [5, 5.41) is 18.8. The van der Waals surface area contributed by atoms with Gasteiger partial charge in [0.05, 0.1) is 67.0 Å². The topological polar surface area (TPSA) is 168 Å². The zero-order valence-corrected chi connectivity index (χ0v) is 51.5. The van der Waals surface area contributed by atoms with Crippen LogP contribution in [0.3, 0.4) is 0 Å². The predicted octanol–water partition coefficient (Wildman–Crippen LogP) is 12.6. The minimum absolute atomic E-state index is 0. The summed E-state index contributed by atoms with van der Waals surface area (Å²) in [6.07, 6.45) is 3.32. The molecule has 0 fully saturated rings. The first kappa shape index (κ1) is 77.0. The van der Waals surface area contributed by atoms with E-state index in [0.29, 0.717) is 56.5 Å². The molecule has 6 aromatic carbocycles. The normalized spacial score (nSPS) is 16.4. The van der Waals surface area contributed by atoms with Crippen molar-refractivity contribution in [3.63, 3.8) is 0 Å². The monoisotopic (exact) mass is 1260 g/mol. The van der Waals surface area contributed by atoms with Gasteiger partial charge in [-0.3, -0.25) is 4.79 Å². The fraction of sp³-hybridized carbons (Fsp3) is 0.328. The molecule has 0 aliphatic carbocycles. The van der Waals surface area contributed by atoms with E-state index in [0.717, 1.165) is 73.8 Å². The summed E-state index contributed by atoms with van der Waals surface area (Å²) in [5.41, 5.74) is 16.3. The Kier molecular flexibility index (Phi) is 37.4. The number of carboxylic acid groups (broad SMARTS) is 1. The van der Waals surface area contributed by atoms with Gasteiger partial charge in [-0.05, 0) is 91.3 Å². The number of esters is 1. The van der Waals surface area contributed by atoms with Crippen molar-refractivity contribution in [2.24, 2.45) is 5.73 Å². The SMILES string of the molecule is C.C.CCCC1OCc2c(Cl)cccc21.CNC[C@@H]1OCc2c(Cl)cccc21.CNC[C@H]1OCc2c(Cl)cccc21.Cl.Cl.NCC1OCc2c(Cl)cccc21.O=C1OCc2c(Cl)cccc21.O=Cc1c(Cl)cccc1C(=O)O.[B].[H-].[Na+]. The van der Waals surface area contributed by atoms with E-state index >= 15 is 0 Å². The van der Waals surface area contributed by atoms with Gasteiger partial charge in [0.1, 0.15) is 6.61 Å². The number of carboxylic acids is 1. The molecule has 22 heteroatoms. The molecule has 0 aromatic heterocycles. The van der Waals surface area contributed by atoms with E-state index in [4.69, 9.17) is 104 Å². The third-order valence-corrected chi connectivity index (χ3v) is 14.5. The number of rotatable bonds is 9. The van der Waals surface area contributed by atoms with Crippen molar-refractivity contribution in [2.45, 2.75) is 92.1 Å². The van der Waals surface area contributed by atoms with Crippen molar-refractivity contribution < 1.29 is 74.2 Å². The van der Waals surface area contributed by atoms with Gasteiger partial charge in [-0.15, -0.1) is 24.8 Å². The predicted molar refractivity (Wildman–Crippen MR) is 327 cm³/mol. The first-order valence-corrected chi connectivity index (χ1v) is 26.0. The van der Waals surface area contributed by atoms with Crippen molar-refractivity contribution in [1.29, 1.82) is 0 Å². The standard InChI is InChI=1S/C11H13ClO.2C10H12ClNO.C9H10ClNO.C8H5ClO3.C8H5ClO2.2CH4.B.2ClH.Na.H/c1-2-4-11-8-5-3-6-10(12)9(8)7-13-11;2*1-12-5-10-7-3-2-4-9(11)8(7)6-13-10;10-8-3-1-2-6-7(8)5-12-9(6)4-11;9-7-3-1-2-5(8(11)12)6(7)4-10;9-7-3-1-2-5-6(7)4-11-8(5)10;;;;;;;/h3,5-6,11H,2,4,7H2,1H3;2*2-4,10,12H,5-6H2,1H3;1-3,9H,4-5,11H2;1-4H,(H,11,12);1-3H,4H2;2*1H4;;2*1H;;/q;;;;;;;;;;;+1;-1/t;2*10-;;;;;;;;;;/m.10........../s1. The Labute approximate surface area is 538 Å². The summed E-state index contributed by atoms with van der Waals surface area (Å²) >= 11 is 35.5. The molecule has 2 unspecified atom stereocenters. The average Bonchev–Trinajstić information content (AvgIpc) is 4.26. The van der Waals surface area contributed by atoms with Crippen molar-refractivity contribution in [1.82, 2.24) is 10.6 Å². The van der Waals surface area contributed by atoms with Crippen LogP contribution >= 0.6 is 94.4 Å². The smallest absolute Gasteiger partial charge is 1.00 e. The molecule has 0 saturated carbocycles. The van der Waals surface area contributed by atoms with Crippen LogP contribution in [0.5, 0.6) is 0 Å². The Balaban J connectivity index is 0. The third kappa shape index (κ3) is 20.1. The second kappa shape index (κ2) is 38.8. The molecule has 0 bridgehead atoms. The van der Waals surface area contributed by atoms with Crippen LogP contribution in [0.4, 0.5) is 0 Å². The molecule has 11 rings (SSSR count). The van der Waals surface area contributed by atoms with Gasteiger partial charge in [-0.2, -0.15) is 0 Å². The van der Waals surface area contributed by atoms with Crippen LogP contribution in [0.15, 0.2) is 109 Å². The number of carbonyl (C=O) groups excluding carboxylic acids is 2. The summed E-state index contributed by atoms with van der Waals surface area (Å²) in [7, 11) is 3.85. The fourth-order valence-corrected chi connectivity index (χ4v) is 9.97. The van der Waals surface area contributed by atoms with E-state index in [9.17, 15) is 14.4 Å². The number of ether oxygens (including phenoxy) is 5. The van der Waals surface area contributed by atoms with Crippen LogP contribution in [0.25, 0.3) is 0 Å². The summed E-state index contributed by atoms with van der Waals surface area (Å²) in [6, 6.07) is 33.3. The molecular weight excluding hydrogens is 1200 g/mol. The number of cyclic esters (lactones) is 1. The number of halogens is 8. The first-order chi connectivity index (χ1) is 35.8. The number of carbonyl (C=O) groups is 3. The van der Waals surface area contributed by atoms with E-state index < -0.39 is 5.97 Å². The minimum Gasteiger partial charge on any atom is -1.00 e. The molecule has 5 heterocycles. The second-order valence-corrected chi connectivity index (χ2v) is 19.5. The van der Waals surface area contributed by atoms with Crippen LogP contribution in [-0.4, -0.2) is 65.5 Å². The maximum Gasteiger partial charge on any atom is 1.00 e. The fourth-order valence-electron chi connectivity index (χ4n) is 8.57. The van der Waals surface area contributed by atoms with Crippen LogP contribution in [0.1, 0.15) is 142 Å². The molecule has 6 aromatic rings. The molecule has 80 heavy (non-hydrogen) atoms. The van der Waals surface area contributed by atoms with E-state index in [1.807, 2.05) is 68.7 Å². The van der Waals surface area contributed by atoms with Crippen LogP contribution in [0.2, 0.25) is 30.1 Å². The third-order valence-electron chi connectivity index (χ3n) is 12.4. The summed E-state index contributed by atoms with van der Waals surface area (Å²) in [4.78, 5) is 31.9. The van der Waals surface area contributed by atoms with Gasteiger partial charge in [0, 0.05) is 86.5 Å². The number of benzene rings is 6. The summed E-state index contributed by atoms with van der Waals surface area (Å²) < 4.78 is 27.1. The Morgan fingerprint density at radius 3 is 1.30 bits per heavy atom. The number of aldehydes is 1. The van der Waals surface area contributed by atoms with E-state index in [2.05, 4.69) is 35.8 Å². The molecule has 12 nitrogen and oxygen atoms in total. The van der Waals surface area contributed by atoms with Crippen molar-refractivity contribution >= 4 is 121 Å². The largest absolute Gasteiger partial charge is 1.00 e. The zero-order chi connectivity index (χ0) is 53.3. The zero-order valence-electron chi connectivity index (χ0n) is 44.3. The molecule has 4 atom stereocenters. The number of hydrogen-bond acceptors (Lipinski definition) is 11. The first-order valence-electron chi connectivity index (χ1n) is 23.7. The van der Waals surface area contributed by atoms with Crippen molar-refractivity contribution in [3.05, 3.63) is 206 Å². The summed E-state index contributed by atoms with van der Waals surface area (Å²) in [5.74, 6) is -1.43. The molecular formula is C58H68BCl8N3NaO9. The van der Waals surface area contributed by atoms with Gasteiger partial charge in [-0.1, -0.05) is 158 Å². The molecule has 5 aliphatic rings. The molecule has 429 valence electrons. The van der Waals surface area contributed by atoms with Gasteiger partial charge >= 0.3 is 41.5 Å². The number of nitrogens with two attached hydrogens (primary N) is 1. The Bertz CT molecular complexity index is 2770. The Morgan fingerprint density at radius 1 is 0.588 bits per heavy atom. The van der Waals surface area contributed by atoms with Gasteiger partial charge in [0.25, 0.3) is 0 Å². The van der Waals surface area contributed by atoms with E-state index in [1.54, 1.807) is 18.2 Å². The van der Waals surface area contributed by atoms with Crippen molar-refractivity contribution in [2.75, 3.05) is 33.7 Å². The number of likely N-dealkylation sites (N-methyl/N-ethyl adjacent to an activating group) is 2. The number of nitrogens with one attached hydrogen (secondary N) is 2. The van der Waals surface area contributed by atoms with Crippen molar-refractivity contribution in [3.8, 4) is 0 Å². The van der Waals surface area contributed by atoms with E-state index in [-0.39, 0.29) is 126 Å². The molecule has 3 radical (unpaired) electrons. The number of fused-ring (bicyclic) bond motifs is 5. The van der Waals surface area contributed by atoms with E-state index in [1.165, 1.54) is 40.5 Å². The second-order valence-electron chi connectivity index (χ2n) is 17.0. The molecule has 5 N–H and O–H groups in total. The van der Waals surface area contributed by atoms with Crippen LogP contribution in [0, 0.1) is 0 Å². The van der Waals surface area contributed by atoms with Gasteiger partial charge in [0.15, 0.2) is 6.29 Å². The molecule has 0 amide bonds. The molecule has 0 saturated heterocycles. The number of hydrogen-bond donors (Lipinski definition) is 4. The van der Waals surface area contributed by atoms with Gasteiger partial charge in [-0.25, -0.2) is 9.59 Å². The Hall–Kier alpha value is -2.97. The molecule has 0 spiro atoms. The van der Waals surface area contributed by atoms with Gasteiger partial charge in [0.2, 0.25) is 0 Å². The summed E-state index contributed by atoms with van der Waals surface area (Å²) in [6.45, 7) is 7.24. The average molecular weight is 1270 g/mol. The maximum atomic E-state index is 10.9. The maximum absolute atomic E-state index is 10.9.